The number of fused-ring (bicyclic) bond motifs is 3. The monoisotopic (exact) mass is 484 g/mol. The molecule has 0 saturated carbocycles. The number of thiocarbonyl (C=S) groups is 1. The van der Waals surface area contributed by atoms with Gasteiger partial charge in [0.2, 0.25) is 5.91 Å². The summed E-state index contributed by atoms with van der Waals surface area (Å²) in [7, 11) is 3.64. The molecule has 2 amide bonds. The molecule has 1 aromatic carbocycles. The molecule has 3 aliphatic heterocycles. The summed E-state index contributed by atoms with van der Waals surface area (Å²) in [6, 6.07) is 9.23. The average molecular weight is 485 g/mol. The molecule has 32 heavy (non-hydrogen) atoms. The SMILES string of the molecule is C=CCN1C(=O)[C@@]2(SC1=S)C(c1cccnc1)CN(C)[C@]21C(=O)N(C)c2ccc(Cl)cc21. The molecule has 1 unspecified atom stereocenters. The standard InChI is InChI=1S/C23H21ClN4O2S2/c1-4-10-28-20(30)23(32-21(28)31)17(14-6-5-9-25-12-14)13-26(2)22(23)16-11-15(24)7-8-18(16)27(3)19(22)29/h4-9,11-12,17H,1,10,13H2,2-3H3/t17?,22-,23+/m1/s1. The number of likely N-dealkylation sites (N-methyl/N-ethyl adjacent to an activating group) is 2. The van der Waals surface area contributed by atoms with E-state index in [2.05, 4.69) is 11.6 Å². The van der Waals surface area contributed by atoms with E-state index in [0.717, 1.165) is 16.8 Å². The van der Waals surface area contributed by atoms with Crippen LogP contribution in [0.5, 0.6) is 0 Å². The maximum atomic E-state index is 14.3. The fourth-order valence-corrected chi connectivity index (χ4v) is 7.86. The smallest absolute Gasteiger partial charge is 0.254 e. The lowest BCUT2D eigenvalue weighted by atomic mass is 9.72. The molecule has 5 rings (SSSR count). The molecule has 2 aromatic rings. The summed E-state index contributed by atoms with van der Waals surface area (Å²) < 4.78 is -0.754. The number of hydrogen-bond acceptors (Lipinski definition) is 6. The van der Waals surface area contributed by atoms with Crippen LogP contribution < -0.4 is 4.90 Å². The number of benzene rings is 1. The van der Waals surface area contributed by atoms with E-state index < -0.39 is 10.3 Å². The molecule has 2 spiro atoms. The Bertz CT molecular complexity index is 1180. The highest BCUT2D eigenvalue weighted by molar-refractivity contribution is 8.25. The van der Waals surface area contributed by atoms with Gasteiger partial charge in [0.25, 0.3) is 5.91 Å². The minimum Gasteiger partial charge on any atom is -0.313 e. The lowest BCUT2D eigenvalue weighted by molar-refractivity contribution is -0.138. The quantitative estimate of drug-likeness (QED) is 0.491. The number of thioether (sulfide) groups is 1. The maximum Gasteiger partial charge on any atom is 0.254 e. The van der Waals surface area contributed by atoms with Crippen LogP contribution in [0.2, 0.25) is 5.02 Å². The van der Waals surface area contributed by atoms with E-state index in [1.807, 2.05) is 36.2 Å². The van der Waals surface area contributed by atoms with Crippen molar-refractivity contribution in [3.05, 3.63) is 71.5 Å². The molecule has 0 radical (unpaired) electrons. The minimum atomic E-state index is -1.26. The van der Waals surface area contributed by atoms with E-state index in [-0.39, 0.29) is 17.7 Å². The molecule has 9 heteroatoms. The number of aromatic nitrogens is 1. The highest BCUT2D eigenvalue weighted by atomic mass is 35.5. The van der Waals surface area contributed by atoms with Crippen molar-refractivity contribution in [2.75, 3.05) is 32.1 Å². The first-order valence-corrected chi connectivity index (χ1v) is 11.8. The van der Waals surface area contributed by atoms with Crippen LogP contribution in [0.25, 0.3) is 0 Å². The summed E-state index contributed by atoms with van der Waals surface area (Å²) in [6.07, 6.45) is 5.13. The van der Waals surface area contributed by atoms with Crippen LogP contribution in [0, 0.1) is 0 Å². The Labute approximate surface area is 201 Å². The first-order chi connectivity index (χ1) is 15.3. The summed E-state index contributed by atoms with van der Waals surface area (Å²) in [5.41, 5.74) is 1.12. The summed E-state index contributed by atoms with van der Waals surface area (Å²) in [4.78, 5) is 37.9. The first kappa shape index (κ1) is 21.6. The van der Waals surface area contributed by atoms with Gasteiger partial charge in [-0.2, -0.15) is 0 Å². The van der Waals surface area contributed by atoms with Crippen molar-refractivity contribution in [1.82, 2.24) is 14.8 Å². The van der Waals surface area contributed by atoms with E-state index in [0.29, 0.717) is 22.4 Å². The second-order valence-electron chi connectivity index (χ2n) is 8.26. The summed E-state index contributed by atoms with van der Waals surface area (Å²) in [5, 5.41) is 0.514. The second-order valence-corrected chi connectivity index (χ2v) is 10.6. The van der Waals surface area contributed by atoms with Crippen molar-refractivity contribution < 1.29 is 9.59 Å². The number of amides is 2. The Morgan fingerprint density at radius 1 is 1.31 bits per heavy atom. The topological polar surface area (TPSA) is 56.8 Å². The molecule has 0 N–H and O–H groups in total. The molecular weight excluding hydrogens is 464 g/mol. The van der Waals surface area contributed by atoms with E-state index >= 15 is 0 Å². The zero-order chi connectivity index (χ0) is 22.8. The zero-order valence-corrected chi connectivity index (χ0v) is 20.0. The number of hydrogen-bond donors (Lipinski definition) is 0. The van der Waals surface area contributed by atoms with E-state index in [9.17, 15) is 9.59 Å². The highest BCUT2D eigenvalue weighted by Crippen LogP contribution is 2.66. The number of nitrogens with zero attached hydrogens (tertiary/aromatic N) is 4. The average Bonchev–Trinajstić information content (AvgIpc) is 3.28. The predicted molar refractivity (Wildman–Crippen MR) is 131 cm³/mol. The largest absolute Gasteiger partial charge is 0.313 e. The van der Waals surface area contributed by atoms with Gasteiger partial charge in [0.15, 0.2) is 5.54 Å². The number of carbonyl (C=O) groups excluding carboxylic acids is 2. The fourth-order valence-electron chi connectivity index (χ4n) is 5.54. The molecule has 2 saturated heterocycles. The summed E-state index contributed by atoms with van der Waals surface area (Å²) >= 11 is 13.4. The number of likely N-dealkylation sites (tertiary alicyclic amines) is 1. The second kappa shape index (κ2) is 7.38. The van der Waals surface area contributed by atoms with Crippen molar-refractivity contribution in [2.45, 2.75) is 16.2 Å². The van der Waals surface area contributed by atoms with Crippen LogP contribution in [-0.2, 0) is 15.1 Å². The van der Waals surface area contributed by atoms with E-state index in [4.69, 9.17) is 23.8 Å². The molecule has 1 aromatic heterocycles. The number of carbonyl (C=O) groups is 2. The number of pyridine rings is 1. The van der Waals surface area contributed by atoms with Crippen LogP contribution in [-0.4, -0.2) is 62.9 Å². The molecule has 2 fully saturated rings. The Balaban J connectivity index is 1.85. The number of anilines is 1. The van der Waals surface area contributed by atoms with Crippen LogP contribution in [0.1, 0.15) is 17.0 Å². The van der Waals surface area contributed by atoms with Gasteiger partial charge < -0.3 is 4.90 Å². The Morgan fingerprint density at radius 2 is 2.09 bits per heavy atom. The summed E-state index contributed by atoms with van der Waals surface area (Å²) in [5.74, 6) is -0.651. The number of halogens is 1. The predicted octanol–water partition coefficient (Wildman–Crippen LogP) is 3.42. The molecule has 0 aliphatic carbocycles. The van der Waals surface area contributed by atoms with Crippen LogP contribution >= 0.6 is 35.6 Å². The Kier molecular flexibility index (Phi) is 4.98. The van der Waals surface area contributed by atoms with Crippen molar-refractivity contribution >= 4 is 57.4 Å². The van der Waals surface area contributed by atoms with Gasteiger partial charge in [0, 0.05) is 54.7 Å². The van der Waals surface area contributed by atoms with Gasteiger partial charge in [0.1, 0.15) is 9.07 Å². The molecule has 6 nitrogen and oxygen atoms in total. The molecule has 164 valence electrons. The fraction of sp³-hybridized carbons (Fsp3) is 0.304. The van der Waals surface area contributed by atoms with Crippen LogP contribution in [0.4, 0.5) is 5.69 Å². The Hall–Kier alpha value is -2.26. The van der Waals surface area contributed by atoms with Gasteiger partial charge >= 0.3 is 0 Å². The number of rotatable bonds is 3. The van der Waals surface area contributed by atoms with E-state index in [1.54, 1.807) is 41.4 Å². The third kappa shape index (κ3) is 2.46. The lowest BCUT2D eigenvalue weighted by Gasteiger charge is -2.42. The first-order valence-electron chi connectivity index (χ1n) is 10.2. The molecule has 3 aliphatic rings. The third-order valence-electron chi connectivity index (χ3n) is 6.81. The van der Waals surface area contributed by atoms with Gasteiger partial charge in [-0.05, 0) is 36.9 Å². The zero-order valence-electron chi connectivity index (χ0n) is 17.6. The van der Waals surface area contributed by atoms with Gasteiger partial charge in [-0.25, -0.2) is 0 Å². The lowest BCUT2D eigenvalue weighted by Crippen LogP contribution is -2.62. The summed E-state index contributed by atoms with van der Waals surface area (Å²) in [6.45, 7) is 4.56. The van der Waals surface area contributed by atoms with Gasteiger partial charge in [-0.3, -0.25) is 24.4 Å². The Morgan fingerprint density at radius 3 is 2.78 bits per heavy atom. The highest BCUT2D eigenvalue weighted by Gasteiger charge is 2.78. The van der Waals surface area contributed by atoms with Crippen LogP contribution in [0.3, 0.4) is 0 Å². The van der Waals surface area contributed by atoms with Crippen molar-refractivity contribution in [1.29, 1.82) is 0 Å². The molecule has 3 atom stereocenters. The third-order valence-corrected chi connectivity index (χ3v) is 8.99. The van der Waals surface area contributed by atoms with Crippen molar-refractivity contribution in [2.24, 2.45) is 0 Å². The van der Waals surface area contributed by atoms with Gasteiger partial charge in [0.05, 0.1) is 0 Å². The minimum absolute atomic E-state index is 0.159. The van der Waals surface area contributed by atoms with Gasteiger partial charge in [-0.1, -0.05) is 47.7 Å². The van der Waals surface area contributed by atoms with E-state index in [1.165, 1.54) is 11.8 Å². The van der Waals surface area contributed by atoms with Crippen LogP contribution in [0.15, 0.2) is 55.4 Å². The normalized spacial score (nSPS) is 29.6. The molecule has 4 heterocycles. The van der Waals surface area contributed by atoms with Gasteiger partial charge in [-0.15, -0.1) is 6.58 Å². The molecule has 0 bridgehead atoms. The maximum absolute atomic E-state index is 14.3. The van der Waals surface area contributed by atoms with Crippen molar-refractivity contribution in [3.63, 3.8) is 0 Å². The van der Waals surface area contributed by atoms with Crippen molar-refractivity contribution in [3.8, 4) is 0 Å². The molecular formula is C23H21ClN4O2S2.